The maximum atomic E-state index is 13.1. The van der Waals surface area contributed by atoms with Crippen LogP contribution in [-0.2, 0) is 16.2 Å². The van der Waals surface area contributed by atoms with Crippen molar-refractivity contribution < 1.29 is 26.3 Å². The normalized spacial score (nSPS) is 11.8. The summed E-state index contributed by atoms with van der Waals surface area (Å²) in [5.41, 5.74) is 0.209. The first-order valence-corrected chi connectivity index (χ1v) is 11.2. The molecular weight excluding hydrogens is 459 g/mol. The smallest absolute Gasteiger partial charge is 0.417 e. The number of nitrogens with one attached hydrogen (secondary N) is 3. The molecule has 0 atom stereocenters. The van der Waals surface area contributed by atoms with Gasteiger partial charge in [-0.3, -0.25) is 0 Å². The first-order valence-electron chi connectivity index (χ1n) is 9.75. The Morgan fingerprint density at radius 1 is 1.00 bits per heavy atom. The Morgan fingerprint density at radius 2 is 1.70 bits per heavy atom. The Hall–Kier alpha value is -3.38. The Balaban J connectivity index is 1.62. The Labute approximate surface area is 189 Å². The second kappa shape index (κ2) is 10.0. The molecule has 0 aliphatic heterocycles. The van der Waals surface area contributed by atoms with Crippen molar-refractivity contribution in [2.75, 3.05) is 30.8 Å². The van der Waals surface area contributed by atoms with Crippen molar-refractivity contribution in [1.29, 1.82) is 0 Å². The highest BCUT2D eigenvalue weighted by atomic mass is 32.2. The van der Waals surface area contributed by atoms with Gasteiger partial charge in [-0.2, -0.15) is 18.2 Å². The van der Waals surface area contributed by atoms with Crippen LogP contribution < -0.4 is 20.1 Å². The molecule has 0 saturated carbocycles. The molecule has 3 aromatic rings. The molecule has 0 radical (unpaired) electrons. The fourth-order valence-electron chi connectivity index (χ4n) is 2.91. The maximum Gasteiger partial charge on any atom is 0.417 e. The van der Waals surface area contributed by atoms with Crippen LogP contribution in [0.2, 0.25) is 0 Å². The third-order valence-electron chi connectivity index (χ3n) is 4.40. The zero-order chi connectivity index (χ0) is 24.1. The predicted molar refractivity (Wildman–Crippen MR) is 118 cm³/mol. The molecule has 1 heterocycles. The molecule has 33 heavy (non-hydrogen) atoms. The van der Waals surface area contributed by atoms with Gasteiger partial charge in [0.2, 0.25) is 16.0 Å². The summed E-state index contributed by atoms with van der Waals surface area (Å²) in [6, 6.07) is 13.0. The summed E-state index contributed by atoms with van der Waals surface area (Å²) < 4.78 is 71.4. The van der Waals surface area contributed by atoms with Crippen LogP contribution in [0.15, 0.2) is 59.5 Å². The quantitative estimate of drug-likeness (QED) is 0.398. The topological polar surface area (TPSA) is 105 Å². The van der Waals surface area contributed by atoms with E-state index in [4.69, 9.17) is 4.74 Å². The number of hydrogen-bond acceptors (Lipinski definition) is 7. The van der Waals surface area contributed by atoms with Gasteiger partial charge in [0.15, 0.2) is 0 Å². The molecule has 0 bridgehead atoms. The van der Waals surface area contributed by atoms with E-state index in [1.807, 2.05) is 12.1 Å². The summed E-state index contributed by atoms with van der Waals surface area (Å²) in [6.07, 6.45) is -4.79. The molecule has 0 unspecified atom stereocenters. The van der Waals surface area contributed by atoms with Crippen LogP contribution in [0, 0.1) is 6.92 Å². The first-order chi connectivity index (χ1) is 15.6. The highest BCUT2D eigenvalue weighted by Crippen LogP contribution is 2.33. The van der Waals surface area contributed by atoms with Gasteiger partial charge in [0.1, 0.15) is 11.6 Å². The van der Waals surface area contributed by atoms with Crippen molar-refractivity contribution in [3.8, 4) is 5.75 Å². The average molecular weight is 482 g/mol. The van der Waals surface area contributed by atoms with Crippen LogP contribution in [-0.4, -0.2) is 38.6 Å². The number of benzene rings is 2. The minimum absolute atomic E-state index is 0.0544. The van der Waals surface area contributed by atoms with E-state index in [0.717, 1.165) is 23.9 Å². The van der Waals surface area contributed by atoms with Gasteiger partial charge in [-0.15, -0.1) is 0 Å². The van der Waals surface area contributed by atoms with E-state index in [0.29, 0.717) is 17.3 Å². The summed E-state index contributed by atoms with van der Waals surface area (Å²) in [7, 11) is -2.79. The van der Waals surface area contributed by atoms with Crippen LogP contribution in [0.25, 0.3) is 0 Å². The van der Waals surface area contributed by atoms with Crippen molar-refractivity contribution in [1.82, 2.24) is 14.7 Å². The Morgan fingerprint density at radius 3 is 2.36 bits per heavy atom. The molecule has 0 fully saturated rings. The van der Waals surface area contributed by atoms with Gasteiger partial charge >= 0.3 is 6.18 Å². The Kier molecular flexibility index (Phi) is 7.39. The van der Waals surface area contributed by atoms with Gasteiger partial charge in [-0.25, -0.2) is 18.1 Å². The minimum atomic E-state index is -4.79. The fourth-order valence-corrected chi connectivity index (χ4v) is 4.16. The summed E-state index contributed by atoms with van der Waals surface area (Å²) in [5, 5.41) is 6.00. The number of rotatable bonds is 9. The van der Waals surface area contributed by atoms with Crippen LogP contribution in [0.5, 0.6) is 5.75 Å². The molecule has 12 heteroatoms. The molecule has 3 rings (SSSR count). The molecule has 0 aliphatic rings. The number of alkyl halides is 3. The highest BCUT2D eigenvalue weighted by molar-refractivity contribution is 7.89. The third-order valence-corrected chi connectivity index (χ3v) is 5.92. The van der Waals surface area contributed by atoms with Crippen molar-refractivity contribution >= 4 is 27.5 Å². The van der Waals surface area contributed by atoms with E-state index < -0.39 is 26.7 Å². The molecule has 2 aromatic carbocycles. The lowest BCUT2D eigenvalue weighted by atomic mass is 10.2. The lowest BCUT2D eigenvalue weighted by Crippen LogP contribution is -2.30. The summed E-state index contributed by atoms with van der Waals surface area (Å²) in [5.74, 6) is 1.46. The lowest BCUT2D eigenvalue weighted by Gasteiger charge is -2.14. The minimum Gasteiger partial charge on any atom is -0.497 e. The standard InChI is InChI=1S/C21H22F3N5O3S/c1-14-13-19(28-15-7-9-16(32-2)10-8-15)29-20(27-14)25-11-12-26-33(30,31)18-6-4-3-5-17(18)21(22,23)24/h3-10,13,26H,11-12H2,1-2H3,(H2,25,27,28,29). The number of methoxy groups -OCH3 is 1. The highest BCUT2D eigenvalue weighted by Gasteiger charge is 2.36. The largest absolute Gasteiger partial charge is 0.497 e. The second-order valence-corrected chi connectivity index (χ2v) is 8.63. The Bertz CT molecular complexity index is 1200. The van der Waals surface area contributed by atoms with E-state index in [9.17, 15) is 21.6 Å². The van der Waals surface area contributed by atoms with Gasteiger partial charge in [-0.1, -0.05) is 12.1 Å². The SMILES string of the molecule is COc1ccc(Nc2cc(C)nc(NCCNS(=O)(=O)c3ccccc3C(F)(F)F)n2)cc1. The zero-order valence-electron chi connectivity index (χ0n) is 17.8. The summed E-state index contributed by atoms with van der Waals surface area (Å²) in [4.78, 5) is 7.73. The molecular formula is C21H22F3N5O3S. The third kappa shape index (κ3) is 6.56. The zero-order valence-corrected chi connectivity index (χ0v) is 18.6. The van der Waals surface area contributed by atoms with E-state index in [2.05, 4.69) is 25.3 Å². The number of aryl methyl sites for hydroxylation is 1. The van der Waals surface area contributed by atoms with Gasteiger partial charge < -0.3 is 15.4 Å². The lowest BCUT2D eigenvalue weighted by molar-refractivity contribution is -0.139. The van der Waals surface area contributed by atoms with Crippen molar-refractivity contribution in [3.63, 3.8) is 0 Å². The van der Waals surface area contributed by atoms with E-state index in [1.54, 1.807) is 32.2 Å². The monoisotopic (exact) mass is 481 g/mol. The number of anilines is 3. The summed E-state index contributed by atoms with van der Waals surface area (Å²) >= 11 is 0. The fraction of sp³-hybridized carbons (Fsp3) is 0.238. The summed E-state index contributed by atoms with van der Waals surface area (Å²) in [6.45, 7) is 1.65. The van der Waals surface area contributed by atoms with Crippen molar-refractivity contribution in [2.24, 2.45) is 0 Å². The van der Waals surface area contributed by atoms with Gasteiger partial charge in [0.25, 0.3) is 0 Å². The second-order valence-electron chi connectivity index (χ2n) is 6.89. The maximum absolute atomic E-state index is 13.1. The van der Waals surface area contributed by atoms with E-state index in [-0.39, 0.29) is 19.0 Å². The number of ether oxygens (including phenoxy) is 1. The molecule has 8 nitrogen and oxygen atoms in total. The average Bonchev–Trinajstić information content (AvgIpc) is 2.76. The number of aromatic nitrogens is 2. The first kappa shape index (κ1) is 24.3. The number of nitrogens with zero attached hydrogens (tertiary/aromatic N) is 2. The molecule has 176 valence electrons. The van der Waals surface area contributed by atoms with Crippen molar-refractivity contribution in [3.05, 3.63) is 65.9 Å². The molecule has 3 N–H and O–H groups in total. The van der Waals surface area contributed by atoms with Gasteiger partial charge in [0.05, 0.1) is 17.6 Å². The van der Waals surface area contributed by atoms with Crippen molar-refractivity contribution in [2.45, 2.75) is 18.0 Å². The molecule has 0 saturated heterocycles. The van der Waals surface area contributed by atoms with Crippen LogP contribution in [0.3, 0.4) is 0 Å². The predicted octanol–water partition coefficient (Wildman–Crippen LogP) is 3.95. The number of hydrogen-bond donors (Lipinski definition) is 3. The van der Waals surface area contributed by atoms with Gasteiger partial charge in [-0.05, 0) is 43.3 Å². The van der Waals surface area contributed by atoms with Crippen LogP contribution in [0.4, 0.5) is 30.6 Å². The molecule has 0 amide bonds. The molecule has 0 spiro atoms. The van der Waals surface area contributed by atoms with Crippen LogP contribution >= 0.6 is 0 Å². The van der Waals surface area contributed by atoms with E-state index >= 15 is 0 Å². The number of halogens is 3. The van der Waals surface area contributed by atoms with E-state index in [1.165, 1.54) is 6.07 Å². The van der Waals surface area contributed by atoms with Crippen LogP contribution in [0.1, 0.15) is 11.3 Å². The van der Waals surface area contributed by atoms with Gasteiger partial charge in [0, 0.05) is 30.5 Å². The molecule has 0 aliphatic carbocycles. The number of sulfonamides is 1. The molecule has 1 aromatic heterocycles.